The van der Waals surface area contributed by atoms with E-state index >= 15 is 0 Å². The van der Waals surface area contributed by atoms with Crippen LogP contribution in [0.15, 0.2) is 83.8 Å². The summed E-state index contributed by atoms with van der Waals surface area (Å²) in [6, 6.07) is 19.8. The molecule has 0 aliphatic carbocycles. The van der Waals surface area contributed by atoms with Crippen molar-refractivity contribution in [3.8, 4) is 0 Å². The first kappa shape index (κ1) is 25.3. The first-order valence-corrected chi connectivity index (χ1v) is 12.9. The molecule has 186 valence electrons. The highest BCUT2D eigenvalue weighted by atomic mass is 32.2. The Bertz CT molecular complexity index is 1370. The summed E-state index contributed by atoms with van der Waals surface area (Å²) in [5.74, 6) is -1.68. The van der Waals surface area contributed by atoms with Crippen LogP contribution in [0.4, 0.5) is 5.69 Å². The van der Waals surface area contributed by atoms with Gasteiger partial charge in [-0.05, 0) is 55.8 Å². The predicted octanol–water partition coefficient (Wildman–Crippen LogP) is 3.69. The fourth-order valence-electron chi connectivity index (χ4n) is 4.04. The zero-order valence-electron chi connectivity index (χ0n) is 20.0. The maximum atomic E-state index is 13.7. The van der Waals surface area contributed by atoms with Crippen molar-refractivity contribution in [2.75, 3.05) is 11.5 Å². The van der Waals surface area contributed by atoms with Crippen LogP contribution in [-0.2, 0) is 30.9 Å². The molecule has 1 heterocycles. The van der Waals surface area contributed by atoms with Crippen LogP contribution < -0.4 is 4.90 Å². The van der Waals surface area contributed by atoms with E-state index in [-0.39, 0.29) is 35.7 Å². The van der Waals surface area contributed by atoms with E-state index < -0.39 is 33.8 Å². The van der Waals surface area contributed by atoms with Crippen molar-refractivity contribution < 1.29 is 27.5 Å². The molecule has 2 amide bonds. The third kappa shape index (κ3) is 5.07. The molecule has 4 rings (SSSR count). The standard InChI is InChI=1S/C27H26N2O6S/c1-3-35-27(32)21-13-15-22(16-14-21)29-25(30)17-24(26(29)31)28(18-20-11-9-19(2)10-12-20)36(33,34)23-7-5-4-6-8-23/h4-16,24H,3,17-18H2,1-2H3. The van der Waals surface area contributed by atoms with Gasteiger partial charge in [-0.1, -0.05) is 48.0 Å². The lowest BCUT2D eigenvalue weighted by Gasteiger charge is -2.27. The van der Waals surface area contributed by atoms with Crippen molar-refractivity contribution in [2.45, 2.75) is 37.8 Å². The number of ether oxygens (including phenoxy) is 1. The van der Waals surface area contributed by atoms with E-state index in [0.29, 0.717) is 5.56 Å². The molecule has 0 saturated carbocycles. The second-order valence-corrected chi connectivity index (χ2v) is 10.3. The number of esters is 1. The van der Waals surface area contributed by atoms with E-state index in [9.17, 15) is 22.8 Å². The number of hydrogen-bond acceptors (Lipinski definition) is 6. The van der Waals surface area contributed by atoms with E-state index in [1.807, 2.05) is 19.1 Å². The number of imide groups is 1. The molecule has 0 bridgehead atoms. The van der Waals surface area contributed by atoms with Crippen LogP contribution in [0.2, 0.25) is 0 Å². The Morgan fingerprint density at radius 3 is 2.22 bits per heavy atom. The fourth-order valence-corrected chi connectivity index (χ4v) is 5.63. The molecule has 0 radical (unpaired) electrons. The van der Waals surface area contributed by atoms with Gasteiger partial charge in [0.05, 0.1) is 29.2 Å². The zero-order valence-corrected chi connectivity index (χ0v) is 20.8. The number of rotatable bonds is 8. The number of carbonyl (C=O) groups is 3. The number of aryl methyl sites for hydroxylation is 1. The minimum Gasteiger partial charge on any atom is -0.462 e. The molecule has 36 heavy (non-hydrogen) atoms. The normalized spacial score (nSPS) is 16.0. The largest absolute Gasteiger partial charge is 0.462 e. The molecule has 1 saturated heterocycles. The van der Waals surface area contributed by atoms with Crippen molar-refractivity contribution in [3.63, 3.8) is 0 Å². The molecule has 0 N–H and O–H groups in total. The quantitative estimate of drug-likeness (QED) is 0.341. The van der Waals surface area contributed by atoms with Gasteiger partial charge in [-0.15, -0.1) is 0 Å². The Morgan fingerprint density at radius 2 is 1.61 bits per heavy atom. The first-order chi connectivity index (χ1) is 17.2. The van der Waals surface area contributed by atoms with Crippen molar-refractivity contribution in [1.29, 1.82) is 0 Å². The summed E-state index contributed by atoms with van der Waals surface area (Å²) in [7, 11) is -4.11. The van der Waals surface area contributed by atoms with Crippen LogP contribution in [0, 0.1) is 6.92 Å². The lowest BCUT2D eigenvalue weighted by molar-refractivity contribution is -0.122. The topological polar surface area (TPSA) is 101 Å². The number of carbonyl (C=O) groups excluding carboxylic acids is 3. The molecule has 8 nitrogen and oxygen atoms in total. The number of hydrogen-bond donors (Lipinski definition) is 0. The number of amides is 2. The molecule has 1 fully saturated rings. The van der Waals surface area contributed by atoms with Crippen LogP contribution >= 0.6 is 0 Å². The molecule has 3 aromatic rings. The number of benzene rings is 3. The summed E-state index contributed by atoms with van der Waals surface area (Å²) in [4.78, 5) is 39.4. The van der Waals surface area contributed by atoms with E-state index in [2.05, 4.69) is 0 Å². The van der Waals surface area contributed by atoms with Gasteiger partial charge in [0.1, 0.15) is 6.04 Å². The SMILES string of the molecule is CCOC(=O)c1ccc(N2C(=O)CC(N(Cc3ccc(C)cc3)S(=O)(=O)c3ccccc3)C2=O)cc1. The maximum absolute atomic E-state index is 13.7. The van der Waals surface area contributed by atoms with Gasteiger partial charge in [0.25, 0.3) is 5.91 Å². The maximum Gasteiger partial charge on any atom is 0.338 e. The highest BCUT2D eigenvalue weighted by Crippen LogP contribution is 2.31. The van der Waals surface area contributed by atoms with E-state index in [0.717, 1.165) is 14.8 Å². The fraction of sp³-hybridized carbons (Fsp3) is 0.222. The van der Waals surface area contributed by atoms with Gasteiger partial charge in [0.2, 0.25) is 15.9 Å². The Hall–Kier alpha value is -3.82. The van der Waals surface area contributed by atoms with Crippen LogP contribution in [-0.4, -0.2) is 43.2 Å². The van der Waals surface area contributed by atoms with Gasteiger partial charge in [-0.3, -0.25) is 9.59 Å². The summed E-state index contributed by atoms with van der Waals surface area (Å²) >= 11 is 0. The third-order valence-electron chi connectivity index (χ3n) is 5.92. The molecule has 9 heteroatoms. The summed E-state index contributed by atoms with van der Waals surface area (Å²) in [6.07, 6.45) is -0.295. The van der Waals surface area contributed by atoms with Gasteiger partial charge in [0.15, 0.2) is 0 Å². The van der Waals surface area contributed by atoms with E-state index in [1.54, 1.807) is 37.3 Å². The molecule has 0 spiro atoms. The van der Waals surface area contributed by atoms with Crippen molar-refractivity contribution in [1.82, 2.24) is 4.31 Å². The highest BCUT2D eigenvalue weighted by molar-refractivity contribution is 7.89. The van der Waals surface area contributed by atoms with Crippen molar-refractivity contribution in [3.05, 3.63) is 95.6 Å². The number of nitrogens with zero attached hydrogens (tertiary/aromatic N) is 2. The zero-order chi connectivity index (χ0) is 25.9. The predicted molar refractivity (Wildman–Crippen MR) is 134 cm³/mol. The van der Waals surface area contributed by atoms with Gasteiger partial charge >= 0.3 is 5.97 Å². The van der Waals surface area contributed by atoms with Gasteiger partial charge < -0.3 is 4.74 Å². The van der Waals surface area contributed by atoms with Crippen LogP contribution in [0.3, 0.4) is 0 Å². The lowest BCUT2D eigenvalue weighted by Crippen LogP contribution is -2.45. The molecular weight excluding hydrogens is 480 g/mol. The average molecular weight is 507 g/mol. The average Bonchev–Trinajstić information content (AvgIpc) is 3.17. The number of anilines is 1. The number of sulfonamides is 1. The summed E-state index contributed by atoms with van der Waals surface area (Å²) in [5.41, 5.74) is 2.25. The van der Waals surface area contributed by atoms with E-state index in [4.69, 9.17) is 4.74 Å². The molecule has 1 aliphatic rings. The molecule has 3 aromatic carbocycles. The van der Waals surface area contributed by atoms with Crippen LogP contribution in [0.25, 0.3) is 0 Å². The Kier molecular flexibility index (Phi) is 7.32. The molecule has 1 atom stereocenters. The second-order valence-electron chi connectivity index (χ2n) is 8.40. The third-order valence-corrected chi connectivity index (χ3v) is 7.78. The van der Waals surface area contributed by atoms with Gasteiger partial charge in [-0.25, -0.2) is 18.1 Å². The summed E-state index contributed by atoms with van der Waals surface area (Å²) < 4.78 is 33.4. The van der Waals surface area contributed by atoms with Crippen LogP contribution in [0.5, 0.6) is 0 Å². The first-order valence-electron chi connectivity index (χ1n) is 11.5. The molecule has 1 unspecified atom stereocenters. The van der Waals surface area contributed by atoms with Crippen molar-refractivity contribution >= 4 is 33.5 Å². The van der Waals surface area contributed by atoms with Crippen molar-refractivity contribution in [2.24, 2.45) is 0 Å². The summed E-state index contributed by atoms with van der Waals surface area (Å²) in [5, 5.41) is 0. The Morgan fingerprint density at radius 1 is 0.972 bits per heavy atom. The molecular formula is C27H26N2O6S. The smallest absolute Gasteiger partial charge is 0.338 e. The van der Waals surface area contributed by atoms with Crippen LogP contribution in [0.1, 0.15) is 34.8 Å². The highest BCUT2D eigenvalue weighted by Gasteiger charge is 2.47. The van der Waals surface area contributed by atoms with Gasteiger partial charge in [-0.2, -0.15) is 4.31 Å². The Balaban J connectivity index is 1.68. The Labute approximate surface area is 210 Å². The van der Waals surface area contributed by atoms with Gasteiger partial charge in [0, 0.05) is 6.54 Å². The minimum atomic E-state index is -4.11. The molecule has 0 aromatic heterocycles. The summed E-state index contributed by atoms with van der Waals surface area (Å²) in [6.45, 7) is 3.77. The second kappa shape index (κ2) is 10.4. The lowest BCUT2D eigenvalue weighted by atomic mass is 10.1. The molecule has 1 aliphatic heterocycles. The minimum absolute atomic E-state index is 0.0367. The monoisotopic (exact) mass is 506 g/mol. The van der Waals surface area contributed by atoms with E-state index in [1.165, 1.54) is 36.4 Å².